The van der Waals surface area contributed by atoms with E-state index in [-0.39, 0.29) is 11.6 Å². The summed E-state index contributed by atoms with van der Waals surface area (Å²) in [4.78, 5) is 2.40. The van der Waals surface area contributed by atoms with Crippen LogP contribution in [0, 0.1) is 23.6 Å². The zero-order chi connectivity index (χ0) is 19.0. The van der Waals surface area contributed by atoms with Gasteiger partial charge in [-0.05, 0) is 66.0 Å². The molecule has 2 aliphatic rings. The molecule has 1 aliphatic heterocycles. The number of ether oxygens (including phenoxy) is 1. The topological polar surface area (TPSA) is 12.5 Å². The first-order valence-electron chi connectivity index (χ1n) is 9.19. The van der Waals surface area contributed by atoms with Crippen molar-refractivity contribution in [3.05, 3.63) is 65.5 Å². The molecule has 1 aliphatic carbocycles. The van der Waals surface area contributed by atoms with Crippen LogP contribution in [0.1, 0.15) is 17.5 Å². The number of likely N-dealkylation sites (tertiary alicyclic amines) is 1. The first kappa shape index (κ1) is 18.3. The highest BCUT2D eigenvalue weighted by atomic mass is 19.4. The summed E-state index contributed by atoms with van der Waals surface area (Å²) in [7, 11) is 0. The Balaban J connectivity index is 1.23. The van der Waals surface area contributed by atoms with E-state index in [4.69, 9.17) is 0 Å². The van der Waals surface area contributed by atoms with Crippen LogP contribution in [0.3, 0.4) is 0 Å². The van der Waals surface area contributed by atoms with Gasteiger partial charge in [-0.15, -0.1) is 13.2 Å². The first-order chi connectivity index (χ1) is 12.9. The number of halogens is 4. The summed E-state index contributed by atoms with van der Waals surface area (Å²) < 4.78 is 53.9. The highest BCUT2D eigenvalue weighted by Gasteiger charge is 2.54. The molecule has 2 aromatic carbocycles. The number of hydrogen-bond donors (Lipinski definition) is 0. The van der Waals surface area contributed by atoms with Gasteiger partial charge in [0.15, 0.2) is 0 Å². The van der Waals surface area contributed by atoms with Crippen molar-refractivity contribution >= 4 is 0 Å². The number of nitrogens with zero attached hydrogens (tertiary/aromatic N) is 1. The Morgan fingerprint density at radius 2 is 1.67 bits per heavy atom. The molecule has 1 saturated heterocycles. The molecule has 0 radical (unpaired) electrons. The molecule has 1 heterocycles. The minimum atomic E-state index is -4.65. The Kier molecular flexibility index (Phi) is 4.84. The Morgan fingerprint density at radius 1 is 0.963 bits per heavy atom. The third kappa shape index (κ3) is 4.61. The molecule has 0 N–H and O–H groups in total. The summed E-state index contributed by atoms with van der Waals surface area (Å²) in [5.41, 5.74) is 2.00. The second-order valence-electron chi connectivity index (χ2n) is 7.55. The van der Waals surface area contributed by atoms with Gasteiger partial charge in [0.2, 0.25) is 0 Å². The van der Waals surface area contributed by atoms with Gasteiger partial charge < -0.3 is 4.74 Å². The molecule has 0 aromatic heterocycles. The molecule has 0 spiro atoms. The van der Waals surface area contributed by atoms with Crippen molar-refractivity contribution in [3.8, 4) is 5.75 Å². The van der Waals surface area contributed by atoms with Crippen molar-refractivity contribution in [1.82, 2.24) is 4.90 Å². The maximum atomic E-state index is 13.0. The Hall–Kier alpha value is -2.08. The molecule has 4 rings (SSSR count). The molecule has 144 valence electrons. The highest BCUT2D eigenvalue weighted by molar-refractivity contribution is 5.29. The predicted octanol–water partition coefficient (Wildman–Crippen LogP) is 5.03. The van der Waals surface area contributed by atoms with Gasteiger partial charge in [0.05, 0.1) is 0 Å². The van der Waals surface area contributed by atoms with Crippen molar-refractivity contribution in [2.24, 2.45) is 17.8 Å². The van der Waals surface area contributed by atoms with Gasteiger partial charge in [-0.2, -0.15) is 0 Å². The maximum absolute atomic E-state index is 13.0. The van der Waals surface area contributed by atoms with Crippen LogP contribution in [0.5, 0.6) is 5.75 Å². The van der Waals surface area contributed by atoms with E-state index >= 15 is 0 Å². The van der Waals surface area contributed by atoms with Gasteiger partial charge >= 0.3 is 6.36 Å². The SMILES string of the molecule is Fc1ccc(CN2CC3C(CCc4cccc(OC(F)(F)F)c4)C3C2)cc1. The molecule has 2 atom stereocenters. The molecule has 2 aromatic rings. The summed E-state index contributed by atoms with van der Waals surface area (Å²) >= 11 is 0. The summed E-state index contributed by atoms with van der Waals surface area (Å²) in [6.07, 6.45) is -2.89. The normalized spacial score (nSPS) is 24.7. The van der Waals surface area contributed by atoms with E-state index in [2.05, 4.69) is 9.64 Å². The van der Waals surface area contributed by atoms with E-state index in [1.807, 2.05) is 18.2 Å². The van der Waals surface area contributed by atoms with Crippen LogP contribution in [-0.2, 0) is 13.0 Å². The van der Waals surface area contributed by atoms with Gasteiger partial charge in [0, 0.05) is 19.6 Å². The lowest BCUT2D eigenvalue weighted by Crippen LogP contribution is -2.24. The van der Waals surface area contributed by atoms with Crippen molar-refractivity contribution in [3.63, 3.8) is 0 Å². The highest BCUT2D eigenvalue weighted by Crippen LogP contribution is 2.54. The standard InChI is InChI=1S/C21H21F4NO/c22-16-7-4-15(5-8-16)11-26-12-19-18(20(19)13-26)9-6-14-2-1-3-17(10-14)27-21(23,24)25/h1-5,7-8,10,18-20H,6,9,11-13H2. The number of alkyl halides is 3. The fraction of sp³-hybridized carbons (Fsp3) is 0.429. The van der Waals surface area contributed by atoms with Crippen LogP contribution in [0.15, 0.2) is 48.5 Å². The lowest BCUT2D eigenvalue weighted by atomic mass is 10.0. The molecule has 0 amide bonds. The second kappa shape index (κ2) is 7.15. The Labute approximate surface area is 155 Å². The fourth-order valence-corrected chi connectivity index (χ4v) is 4.37. The molecule has 2 nitrogen and oxygen atoms in total. The summed E-state index contributed by atoms with van der Waals surface area (Å²) in [5.74, 6) is 1.65. The van der Waals surface area contributed by atoms with E-state index in [1.54, 1.807) is 6.07 Å². The number of hydrogen-bond acceptors (Lipinski definition) is 2. The van der Waals surface area contributed by atoms with Gasteiger partial charge in [0.25, 0.3) is 0 Å². The Bertz CT molecular complexity index is 778. The second-order valence-corrected chi connectivity index (χ2v) is 7.55. The minimum absolute atomic E-state index is 0.151. The molecular weight excluding hydrogens is 358 g/mol. The number of fused-ring (bicyclic) bond motifs is 1. The van der Waals surface area contributed by atoms with Gasteiger partial charge in [-0.3, -0.25) is 4.90 Å². The molecule has 27 heavy (non-hydrogen) atoms. The van der Waals surface area contributed by atoms with E-state index in [1.165, 1.54) is 24.3 Å². The number of rotatable bonds is 6. The summed E-state index contributed by atoms with van der Waals surface area (Å²) in [6, 6.07) is 12.9. The first-order valence-corrected chi connectivity index (χ1v) is 9.19. The summed E-state index contributed by atoms with van der Waals surface area (Å²) in [6.45, 7) is 2.94. The van der Waals surface area contributed by atoms with Gasteiger partial charge in [0.1, 0.15) is 11.6 Å². The minimum Gasteiger partial charge on any atom is -0.406 e. The monoisotopic (exact) mass is 379 g/mol. The van der Waals surface area contributed by atoms with E-state index in [0.29, 0.717) is 17.8 Å². The quantitative estimate of drug-likeness (QED) is 0.653. The smallest absolute Gasteiger partial charge is 0.406 e. The lowest BCUT2D eigenvalue weighted by Gasteiger charge is -2.19. The van der Waals surface area contributed by atoms with Crippen LogP contribution >= 0.6 is 0 Å². The molecule has 2 unspecified atom stereocenters. The van der Waals surface area contributed by atoms with Gasteiger partial charge in [-0.1, -0.05) is 24.3 Å². The number of aryl methyl sites for hydroxylation is 1. The predicted molar refractivity (Wildman–Crippen MR) is 93.6 cm³/mol. The molecule has 0 bridgehead atoms. The third-order valence-electron chi connectivity index (χ3n) is 5.66. The summed E-state index contributed by atoms with van der Waals surface area (Å²) in [5, 5.41) is 0. The van der Waals surface area contributed by atoms with Crippen LogP contribution in [-0.4, -0.2) is 24.4 Å². The van der Waals surface area contributed by atoms with Crippen LogP contribution in [0.4, 0.5) is 17.6 Å². The maximum Gasteiger partial charge on any atom is 0.573 e. The van der Waals surface area contributed by atoms with E-state index in [9.17, 15) is 17.6 Å². The largest absolute Gasteiger partial charge is 0.573 e. The van der Waals surface area contributed by atoms with Crippen LogP contribution in [0.2, 0.25) is 0 Å². The van der Waals surface area contributed by atoms with E-state index in [0.717, 1.165) is 43.6 Å². The zero-order valence-electron chi connectivity index (χ0n) is 14.8. The molecule has 1 saturated carbocycles. The third-order valence-corrected chi connectivity index (χ3v) is 5.66. The van der Waals surface area contributed by atoms with Crippen LogP contribution < -0.4 is 4.74 Å². The lowest BCUT2D eigenvalue weighted by molar-refractivity contribution is -0.274. The number of piperidine rings is 1. The zero-order valence-corrected chi connectivity index (χ0v) is 14.8. The molecule has 2 fully saturated rings. The fourth-order valence-electron chi connectivity index (χ4n) is 4.37. The molecular formula is C21H21F4NO. The Morgan fingerprint density at radius 3 is 2.33 bits per heavy atom. The van der Waals surface area contributed by atoms with Crippen molar-refractivity contribution in [2.75, 3.05) is 13.1 Å². The van der Waals surface area contributed by atoms with Gasteiger partial charge in [-0.25, -0.2) is 4.39 Å². The van der Waals surface area contributed by atoms with Crippen molar-refractivity contribution in [2.45, 2.75) is 25.7 Å². The number of benzene rings is 2. The van der Waals surface area contributed by atoms with Crippen molar-refractivity contribution in [1.29, 1.82) is 0 Å². The average molecular weight is 379 g/mol. The van der Waals surface area contributed by atoms with Crippen LogP contribution in [0.25, 0.3) is 0 Å². The van der Waals surface area contributed by atoms with Crippen molar-refractivity contribution < 1.29 is 22.3 Å². The van der Waals surface area contributed by atoms with E-state index < -0.39 is 6.36 Å². The molecule has 6 heteroatoms. The average Bonchev–Trinajstić information content (AvgIpc) is 3.05.